The lowest BCUT2D eigenvalue weighted by molar-refractivity contribution is -0.535. The van der Waals surface area contributed by atoms with Crippen LogP contribution in [0, 0.1) is 29.6 Å². The van der Waals surface area contributed by atoms with Gasteiger partial charge in [-0.1, -0.05) is 309 Å². The van der Waals surface area contributed by atoms with Gasteiger partial charge in [0, 0.05) is 73.1 Å². The van der Waals surface area contributed by atoms with Crippen molar-refractivity contribution >= 4 is 144 Å². The molecule has 0 fully saturated rings. The number of aryl methyl sites for hydroxylation is 1. The van der Waals surface area contributed by atoms with E-state index in [4.69, 9.17) is 9.98 Å². The van der Waals surface area contributed by atoms with Crippen molar-refractivity contribution in [1.82, 2.24) is 8.96 Å². The molecule has 17 heteroatoms. The number of anilines is 6. The van der Waals surface area contributed by atoms with Gasteiger partial charge >= 0.3 is 32.6 Å². The maximum absolute atomic E-state index is 17.1. The fraction of sp³-hybridized carbons (Fsp3) is 0.0172. The van der Waals surface area contributed by atoms with Crippen molar-refractivity contribution in [2.24, 2.45) is 9.98 Å². The average Bonchev–Trinajstić information content (AvgIpc) is 1.37. The molecule has 0 saturated heterocycles. The van der Waals surface area contributed by atoms with Crippen molar-refractivity contribution in [3.63, 3.8) is 0 Å². The molecule has 21 aromatic rings. The van der Waals surface area contributed by atoms with Crippen LogP contribution in [0.15, 0.2) is 447 Å². The van der Waals surface area contributed by atoms with Gasteiger partial charge in [-0.2, -0.15) is 23.7 Å². The minimum Gasteiger partial charge on any atom is -0.311 e. The molecule has 23 rings (SSSR count). The maximum atomic E-state index is 17.1. The molecule has 10 nitrogen and oxygen atoms in total. The maximum Gasteiger partial charge on any atom is 0.727 e. The predicted octanol–water partition coefficient (Wildman–Crippen LogP) is 24.3. The Kier molecular flexibility index (Phi) is 19.9. The van der Waals surface area contributed by atoms with Crippen molar-refractivity contribution in [2.45, 2.75) is 13.1 Å². The lowest BCUT2D eigenvalue weighted by Gasteiger charge is -2.34. The van der Waals surface area contributed by atoms with Crippen LogP contribution >= 0.6 is 0 Å². The second-order valence-electron chi connectivity index (χ2n) is 33.8. The Morgan fingerprint density at radius 2 is 0.789 bits per heavy atom. The van der Waals surface area contributed by atoms with Gasteiger partial charge < -0.3 is 14.3 Å². The van der Waals surface area contributed by atoms with Crippen LogP contribution in [-0.4, -0.2) is 31.8 Å². The lowest BCUT2D eigenvalue weighted by Crippen LogP contribution is -2.74. The second-order valence-corrected chi connectivity index (χ2v) is 37.6. The molecule has 0 saturated carbocycles. The van der Waals surface area contributed by atoms with E-state index in [1.807, 2.05) is 184 Å². The van der Waals surface area contributed by atoms with E-state index >= 15 is 17.5 Å². The molecule has 4 aromatic heterocycles. The van der Waals surface area contributed by atoms with E-state index < -0.39 is 27.1 Å². The Morgan fingerprint density at radius 3 is 1.29 bits per heavy atom. The summed E-state index contributed by atoms with van der Waals surface area (Å²) in [6, 6.07) is 148. The number of aromatic nitrogens is 4. The molecule has 133 heavy (non-hydrogen) atoms. The van der Waals surface area contributed by atoms with Gasteiger partial charge in [-0.05, 0) is 225 Å². The molecule has 0 atom stereocenters. The first-order chi connectivity index (χ1) is 65.3. The first-order valence-electron chi connectivity index (χ1n) is 44.1. The Labute approximate surface area is 766 Å². The monoisotopic (exact) mass is 1730 g/mol. The molecular weight excluding hydrogens is 1660 g/mol. The van der Waals surface area contributed by atoms with Crippen LogP contribution in [-0.2, 0) is 6.18 Å². The number of benzene rings is 17. The van der Waals surface area contributed by atoms with E-state index in [1.165, 1.54) is 26.8 Å². The molecule has 6 heterocycles. The number of alkyl halides is 3. The van der Waals surface area contributed by atoms with Crippen LogP contribution < -0.4 is 50.5 Å². The summed E-state index contributed by atoms with van der Waals surface area (Å²) in [6.07, 6.45) is -0.655. The number of nitriles is 2. The summed E-state index contributed by atoms with van der Waals surface area (Å²) < 4.78 is 69.6. The first-order valence-corrected chi connectivity index (χ1v) is 46.1. The van der Waals surface area contributed by atoms with Gasteiger partial charge in [0.25, 0.3) is 0 Å². The van der Waals surface area contributed by atoms with E-state index in [2.05, 4.69) is 268 Å². The van der Waals surface area contributed by atoms with Crippen LogP contribution in [0.25, 0.3) is 121 Å². The van der Waals surface area contributed by atoms with Crippen LogP contribution in [0.4, 0.5) is 63.2 Å². The molecular formula is C116H75B2F4N10Si+2. The molecule has 0 aliphatic carbocycles. The summed E-state index contributed by atoms with van der Waals surface area (Å²) in [5.41, 5.74) is 19.5. The number of rotatable bonds is 18. The van der Waals surface area contributed by atoms with Gasteiger partial charge in [0.05, 0.1) is 45.4 Å². The third kappa shape index (κ3) is 14.0. The Bertz CT molecular complexity index is 8290. The van der Waals surface area contributed by atoms with E-state index in [1.54, 1.807) is 34.1 Å². The minimum atomic E-state index is -4.59. The van der Waals surface area contributed by atoms with E-state index in [-0.39, 0.29) is 16.7 Å². The van der Waals surface area contributed by atoms with Crippen molar-refractivity contribution < 1.29 is 26.4 Å². The highest BCUT2D eigenvalue weighted by molar-refractivity contribution is 7.19. The molecule has 625 valence electrons. The third-order valence-corrected chi connectivity index (χ3v) is 31.0. The number of nitrogens with zero attached hydrogens (tertiary/aromatic N) is 10. The SMILES string of the molecule is Cc1ccc(-c2ccc3c4c2cccc4c2n3[B][n+]3cc(-c4ccc(N(c5ccc(/C(C#N)=C(\C#N)c6ccc(N(c7ccc(-c8ccccc8)cc7)c7ccc(-c8ccc9[n+](c8)B(F)n8c(c%10cccc%11cccc8c%11%10)=N9)cc7)cc6)cc5)c5ccc(-c6ccccc6)cc5)cc4)cc(-c4ccc([Si](c5ccccc5)(c5ccccc5)c5ccccc5)cc4)c3N=2)c(C(F)(F)F)c1. The largest absolute Gasteiger partial charge is 0.727 e. The fourth-order valence-corrected chi connectivity index (χ4v) is 24.6. The van der Waals surface area contributed by atoms with Gasteiger partial charge in [-0.3, -0.25) is 13.3 Å². The Hall–Kier alpha value is -17.1. The quantitative estimate of drug-likeness (QED) is 0.0281. The normalized spacial score (nSPS) is 12.4. The molecule has 0 unspecified atom stereocenters. The van der Waals surface area contributed by atoms with E-state index in [9.17, 15) is 10.5 Å². The van der Waals surface area contributed by atoms with Gasteiger partial charge in [0.1, 0.15) is 12.1 Å². The lowest BCUT2D eigenvalue weighted by atomic mass is 9.92. The number of allylic oxidation sites excluding steroid dienone is 2. The van der Waals surface area contributed by atoms with Crippen LogP contribution in [0.3, 0.4) is 0 Å². The summed E-state index contributed by atoms with van der Waals surface area (Å²) in [4.78, 5) is 15.0. The smallest absolute Gasteiger partial charge is 0.311 e. The molecule has 1 radical (unpaired) electrons. The van der Waals surface area contributed by atoms with E-state index in [0.29, 0.717) is 50.3 Å². The average molecular weight is 1730 g/mol. The molecule has 0 N–H and O–H groups in total. The molecule has 17 aromatic carbocycles. The zero-order chi connectivity index (χ0) is 89.6. The third-order valence-electron chi connectivity index (χ3n) is 26.2. The summed E-state index contributed by atoms with van der Waals surface area (Å²) in [7, 11) is -2.44. The van der Waals surface area contributed by atoms with Crippen molar-refractivity contribution in [2.75, 3.05) is 9.80 Å². The van der Waals surface area contributed by atoms with E-state index in [0.717, 1.165) is 128 Å². The predicted molar refractivity (Wildman–Crippen MR) is 533 cm³/mol. The van der Waals surface area contributed by atoms with Gasteiger partial charge in [-0.25, -0.2) is 4.48 Å². The van der Waals surface area contributed by atoms with Gasteiger partial charge in [0.15, 0.2) is 8.07 Å². The number of fused-ring (bicyclic) bond motifs is 8. The summed E-state index contributed by atoms with van der Waals surface area (Å²) >= 11 is 0. The highest BCUT2D eigenvalue weighted by Gasteiger charge is 2.44. The van der Waals surface area contributed by atoms with Gasteiger partial charge in [-0.15, -0.1) is 0 Å². The zero-order valence-corrected chi connectivity index (χ0v) is 72.7. The van der Waals surface area contributed by atoms with Crippen LogP contribution in [0.5, 0.6) is 0 Å². The highest BCUT2D eigenvalue weighted by atomic mass is 28.3. The topological polar surface area (TPSA) is 96.4 Å². The summed E-state index contributed by atoms with van der Waals surface area (Å²) in [6.45, 7) is 1.68. The van der Waals surface area contributed by atoms with Crippen molar-refractivity contribution in [3.8, 4) is 78.9 Å². The molecule has 2 aliphatic heterocycles. The number of hydrogen-bond acceptors (Lipinski definition) is 6. The summed E-state index contributed by atoms with van der Waals surface area (Å²) in [5.74, 6) is 1.20. The van der Waals surface area contributed by atoms with Crippen molar-refractivity contribution in [3.05, 3.63) is 470 Å². The fourth-order valence-electron chi connectivity index (χ4n) is 19.9. The standard InChI is InChI=1S/C116H75B2F4N10Si/c1-76-36-66-100(107(70-76)116(119,120)121)99-67-68-108-112-101(99)32-19-34-103(112)114-126-113-104(83-49-64-98(65-50-83)133(95-26-11-4-12-27-95,96-28-13-5-14-29-96)97-30-15-6-16-31-97)71-88(74-127(113)117-131(108)114)82-43-58-92(59-44-82)130(90-54-39-80(40-55-90)78-22-9-3-10-23-78)94-62-47-85(48-63-94)106(73-124)105(72-123)84-45-60-93(61-46-84)129(89-52-37-79(38-53-89)77-20-7-2-8-21-77)91-56-41-81(42-57-91)87-51-69-110-125-115-102-33-17-24-86-25-18-35-109(111(86)102)132(115)118(122)128(110)75-87/h2-71,74-75H,1H3/q+2/b106-105+. The Morgan fingerprint density at radius 1 is 0.368 bits per heavy atom. The second kappa shape index (κ2) is 32.9. The number of hydrogen-bond donors (Lipinski definition) is 0. The Balaban J connectivity index is 0.595. The molecule has 2 aliphatic rings. The highest BCUT2D eigenvalue weighted by Crippen LogP contribution is 2.46. The molecule has 0 amide bonds. The minimum absolute atomic E-state index is 0.115. The van der Waals surface area contributed by atoms with Crippen LogP contribution in [0.1, 0.15) is 22.3 Å². The molecule has 0 spiro atoms. The first kappa shape index (κ1) is 80.5. The number of halogens is 4. The van der Waals surface area contributed by atoms with Crippen LogP contribution in [0.2, 0.25) is 0 Å². The molecule has 0 bridgehead atoms. The van der Waals surface area contributed by atoms with Gasteiger partial charge in [0.2, 0.25) is 11.0 Å². The van der Waals surface area contributed by atoms with Crippen molar-refractivity contribution in [1.29, 1.82) is 10.5 Å². The number of pyridine rings is 2. The zero-order valence-electron chi connectivity index (χ0n) is 71.7. The summed E-state index contributed by atoms with van der Waals surface area (Å²) in [5, 5.41) is 32.8.